The summed E-state index contributed by atoms with van der Waals surface area (Å²) in [7, 11) is 0. The molecule has 2 aromatic carbocycles. The van der Waals surface area contributed by atoms with Crippen molar-refractivity contribution >= 4 is 40.2 Å². The molecule has 0 bridgehead atoms. The van der Waals surface area contributed by atoms with Gasteiger partial charge in [0.2, 0.25) is 5.91 Å². The van der Waals surface area contributed by atoms with E-state index < -0.39 is 5.79 Å². The van der Waals surface area contributed by atoms with Crippen LogP contribution in [-0.2, 0) is 14.3 Å². The second-order valence-electron chi connectivity index (χ2n) is 8.83. The van der Waals surface area contributed by atoms with Crippen LogP contribution in [0.15, 0.2) is 58.5 Å². The molecule has 0 unspecified atom stereocenters. The Hall–Kier alpha value is -2.39. The van der Waals surface area contributed by atoms with E-state index in [1.807, 2.05) is 35.2 Å². The number of unbranched alkanes of at least 4 members (excludes halogenated alkanes) is 1. The topological polar surface area (TPSA) is 73.7 Å². The monoisotopic (exact) mass is 513 g/mol. The number of carbonyl (C=O) groups excluding carboxylic acids is 1. The third-order valence-corrected chi connectivity index (χ3v) is 7.78. The quantitative estimate of drug-likeness (QED) is 0.260. The van der Waals surface area contributed by atoms with Crippen LogP contribution in [0.25, 0.3) is 16.6 Å². The number of nitrogens with zero attached hydrogens (tertiary/aromatic N) is 3. The smallest absolute Gasteiger partial charge is 0.266 e. The van der Waals surface area contributed by atoms with Crippen LogP contribution in [0.2, 0.25) is 5.02 Å². The van der Waals surface area contributed by atoms with Crippen molar-refractivity contribution in [2.75, 3.05) is 32.1 Å². The molecule has 1 aromatic heterocycles. The number of hydrogen-bond donors (Lipinski definition) is 0. The summed E-state index contributed by atoms with van der Waals surface area (Å²) in [5, 5.41) is 1.76. The van der Waals surface area contributed by atoms with E-state index in [4.69, 9.17) is 26.1 Å². The zero-order chi connectivity index (χ0) is 24.3. The van der Waals surface area contributed by atoms with Gasteiger partial charge in [0.15, 0.2) is 10.9 Å². The zero-order valence-corrected chi connectivity index (χ0v) is 21.0. The number of aromatic nitrogens is 2. The van der Waals surface area contributed by atoms with Crippen LogP contribution in [0.4, 0.5) is 0 Å². The predicted octanol–water partition coefficient (Wildman–Crippen LogP) is 4.67. The lowest BCUT2D eigenvalue weighted by molar-refractivity contribution is -0.187. The number of hydrogen-bond acceptors (Lipinski definition) is 6. The molecular weight excluding hydrogens is 486 g/mol. The fourth-order valence-electron chi connectivity index (χ4n) is 4.63. The maximum Gasteiger partial charge on any atom is 0.266 e. The first-order valence-electron chi connectivity index (χ1n) is 12.0. The molecule has 2 aliphatic rings. The van der Waals surface area contributed by atoms with E-state index >= 15 is 0 Å². The van der Waals surface area contributed by atoms with Gasteiger partial charge >= 0.3 is 0 Å². The van der Waals surface area contributed by atoms with Crippen molar-refractivity contribution in [3.8, 4) is 5.69 Å². The van der Waals surface area contributed by atoms with Gasteiger partial charge in [-0.05, 0) is 43.2 Å². The molecule has 0 aliphatic carbocycles. The maximum atomic E-state index is 13.3. The zero-order valence-electron chi connectivity index (χ0n) is 19.5. The Bertz CT molecular complexity index is 1260. The summed E-state index contributed by atoms with van der Waals surface area (Å²) in [5.74, 6) is 0.477. The molecule has 3 heterocycles. The summed E-state index contributed by atoms with van der Waals surface area (Å²) >= 11 is 7.73. The molecule has 3 aromatic rings. The van der Waals surface area contributed by atoms with Crippen LogP contribution < -0.4 is 5.56 Å². The number of fused-ring (bicyclic) bond motifs is 1. The average Bonchev–Trinajstić information content (AvgIpc) is 3.32. The molecule has 2 fully saturated rings. The molecule has 5 rings (SSSR count). The van der Waals surface area contributed by atoms with Crippen LogP contribution in [-0.4, -0.2) is 58.2 Å². The number of amides is 1. The maximum absolute atomic E-state index is 13.3. The van der Waals surface area contributed by atoms with Crippen molar-refractivity contribution in [3.63, 3.8) is 0 Å². The Kier molecular flexibility index (Phi) is 7.43. The molecule has 2 saturated heterocycles. The SMILES string of the molecule is O=C(CCCCSc1nc2ccccc2c(=O)n1-c1cccc(Cl)c1)N1CCC2(CC1)OCCO2. The number of rotatable bonds is 7. The Morgan fingerprint density at radius 2 is 1.83 bits per heavy atom. The molecule has 0 saturated carbocycles. The summed E-state index contributed by atoms with van der Waals surface area (Å²) in [6.07, 6.45) is 3.63. The summed E-state index contributed by atoms with van der Waals surface area (Å²) in [4.78, 5) is 32.7. The Balaban J connectivity index is 1.20. The summed E-state index contributed by atoms with van der Waals surface area (Å²) in [5.41, 5.74) is 1.25. The van der Waals surface area contributed by atoms with Gasteiger partial charge in [-0.2, -0.15) is 0 Å². The van der Waals surface area contributed by atoms with E-state index in [-0.39, 0.29) is 11.5 Å². The summed E-state index contributed by atoms with van der Waals surface area (Å²) in [6.45, 7) is 2.65. The van der Waals surface area contributed by atoms with Gasteiger partial charge in [0.1, 0.15) is 0 Å². The first-order chi connectivity index (χ1) is 17.0. The van der Waals surface area contributed by atoms with Gasteiger partial charge < -0.3 is 14.4 Å². The highest BCUT2D eigenvalue weighted by molar-refractivity contribution is 7.99. The fraction of sp³-hybridized carbons (Fsp3) is 0.423. The molecule has 184 valence electrons. The normalized spacial score (nSPS) is 17.3. The number of benzene rings is 2. The second-order valence-corrected chi connectivity index (χ2v) is 10.3. The number of piperidine rings is 1. The third kappa shape index (κ3) is 5.40. The molecule has 7 nitrogen and oxygen atoms in total. The van der Waals surface area contributed by atoms with Gasteiger partial charge in [-0.3, -0.25) is 14.2 Å². The first kappa shape index (κ1) is 24.3. The lowest BCUT2D eigenvalue weighted by Gasteiger charge is -2.37. The minimum atomic E-state index is -0.459. The average molecular weight is 514 g/mol. The van der Waals surface area contributed by atoms with Gasteiger partial charge in [0, 0.05) is 43.1 Å². The van der Waals surface area contributed by atoms with E-state index in [0.717, 1.165) is 31.4 Å². The van der Waals surface area contributed by atoms with Crippen molar-refractivity contribution in [1.82, 2.24) is 14.5 Å². The number of carbonyl (C=O) groups is 1. The molecule has 35 heavy (non-hydrogen) atoms. The fourth-order valence-corrected chi connectivity index (χ4v) is 5.83. The minimum absolute atomic E-state index is 0.117. The number of likely N-dealkylation sites (tertiary alicyclic amines) is 1. The summed E-state index contributed by atoms with van der Waals surface area (Å²) in [6, 6.07) is 14.6. The molecule has 0 atom stereocenters. The van der Waals surface area contributed by atoms with E-state index in [2.05, 4.69) is 0 Å². The number of halogens is 1. The van der Waals surface area contributed by atoms with Crippen molar-refractivity contribution in [2.45, 2.75) is 43.0 Å². The molecule has 2 aliphatic heterocycles. The lowest BCUT2D eigenvalue weighted by Crippen LogP contribution is -2.47. The first-order valence-corrected chi connectivity index (χ1v) is 13.4. The molecular formula is C26H28ClN3O4S. The van der Waals surface area contributed by atoms with Crippen LogP contribution in [0.5, 0.6) is 0 Å². The van der Waals surface area contributed by atoms with Crippen molar-refractivity contribution in [3.05, 3.63) is 63.9 Å². The van der Waals surface area contributed by atoms with E-state index in [1.165, 1.54) is 11.8 Å². The highest BCUT2D eigenvalue weighted by atomic mass is 35.5. The minimum Gasteiger partial charge on any atom is -0.347 e. The summed E-state index contributed by atoms with van der Waals surface area (Å²) < 4.78 is 13.1. The molecule has 0 radical (unpaired) electrons. The van der Waals surface area contributed by atoms with E-state index in [0.29, 0.717) is 59.5 Å². The molecule has 1 spiro atoms. The highest BCUT2D eigenvalue weighted by Gasteiger charge is 2.40. The molecule has 1 amide bonds. The number of thioether (sulfide) groups is 1. The van der Waals surface area contributed by atoms with Crippen molar-refractivity contribution < 1.29 is 14.3 Å². The second kappa shape index (κ2) is 10.7. The van der Waals surface area contributed by atoms with Gasteiger partial charge in [-0.15, -0.1) is 0 Å². The molecule has 9 heteroatoms. The Morgan fingerprint density at radius 3 is 2.60 bits per heavy atom. The Morgan fingerprint density at radius 1 is 1.06 bits per heavy atom. The van der Waals surface area contributed by atoms with Crippen LogP contribution in [0.3, 0.4) is 0 Å². The van der Waals surface area contributed by atoms with Gasteiger partial charge in [0.05, 0.1) is 29.8 Å². The highest BCUT2D eigenvalue weighted by Crippen LogP contribution is 2.31. The van der Waals surface area contributed by atoms with Gasteiger partial charge in [-0.25, -0.2) is 4.98 Å². The van der Waals surface area contributed by atoms with Crippen molar-refractivity contribution in [1.29, 1.82) is 0 Å². The van der Waals surface area contributed by atoms with Gasteiger partial charge in [-0.1, -0.05) is 41.6 Å². The van der Waals surface area contributed by atoms with E-state index in [9.17, 15) is 9.59 Å². The van der Waals surface area contributed by atoms with Crippen LogP contribution in [0.1, 0.15) is 32.1 Å². The molecule has 0 N–H and O–H groups in total. The van der Waals surface area contributed by atoms with Crippen LogP contribution >= 0.6 is 23.4 Å². The largest absolute Gasteiger partial charge is 0.347 e. The Labute approximate surface area is 213 Å². The third-order valence-electron chi connectivity index (χ3n) is 6.52. The van der Waals surface area contributed by atoms with Crippen molar-refractivity contribution in [2.24, 2.45) is 0 Å². The van der Waals surface area contributed by atoms with E-state index in [1.54, 1.807) is 22.8 Å². The van der Waals surface area contributed by atoms with Gasteiger partial charge in [0.25, 0.3) is 5.56 Å². The lowest BCUT2D eigenvalue weighted by atomic mass is 10.0. The number of para-hydroxylation sites is 1. The number of ether oxygens (including phenoxy) is 2. The standard InChI is InChI=1S/C26H28ClN3O4S/c27-19-6-5-7-20(18-19)30-24(32)21-8-1-2-9-22(21)28-25(30)35-17-4-3-10-23(31)29-13-11-26(12-14-29)33-15-16-34-26/h1-2,5-9,18H,3-4,10-17H2. The predicted molar refractivity (Wildman–Crippen MR) is 137 cm³/mol. The van der Waals surface area contributed by atoms with Crippen LogP contribution in [0, 0.1) is 0 Å².